The largest absolute Gasteiger partial charge is 0.310 e. The summed E-state index contributed by atoms with van der Waals surface area (Å²) >= 11 is 0. The fourth-order valence-electron chi connectivity index (χ4n) is 7.19. The number of aromatic nitrogens is 1. The molecule has 0 saturated carbocycles. The zero-order valence-corrected chi connectivity index (χ0v) is 28.0. The second kappa shape index (κ2) is 13.2. The monoisotopic (exact) mass is 653 g/mol. The maximum absolute atomic E-state index is 2.40. The summed E-state index contributed by atoms with van der Waals surface area (Å²) in [6.45, 7) is 0. The summed E-state index contributed by atoms with van der Waals surface area (Å²) in [7, 11) is 0. The number of rotatable bonds is 8. The quantitative estimate of drug-likeness (QED) is 0.162. The summed E-state index contributed by atoms with van der Waals surface area (Å²) in [5, 5.41) is 2.38. The Balaban J connectivity index is 1.28. The van der Waals surface area contributed by atoms with Crippen molar-refractivity contribution in [2.45, 2.75) is 0 Å². The highest BCUT2D eigenvalue weighted by Gasteiger charge is 2.20. The predicted molar refractivity (Wildman–Crippen MR) is 216 cm³/mol. The van der Waals surface area contributed by atoms with Gasteiger partial charge in [0.05, 0.1) is 11.0 Å². The second-order valence-electron chi connectivity index (χ2n) is 12.7. The van der Waals surface area contributed by atoms with Gasteiger partial charge in [-0.25, -0.2) is 0 Å². The first-order valence-corrected chi connectivity index (χ1v) is 17.4. The predicted octanol–water partition coefficient (Wildman–Crippen LogP) is 13.4. The van der Waals surface area contributed by atoms with Crippen LogP contribution in [0.2, 0.25) is 0 Å². The Morgan fingerprint density at radius 2 is 0.608 bits per heavy atom. The first kappa shape index (κ1) is 30.2. The Bertz CT molecular complexity index is 2330. The Labute approximate surface area is 298 Å². The zero-order chi connectivity index (χ0) is 34.0. The van der Waals surface area contributed by atoms with E-state index in [0.29, 0.717) is 0 Å². The number of hydrogen-bond donors (Lipinski definition) is 0. The van der Waals surface area contributed by atoms with Gasteiger partial charge in [0.2, 0.25) is 0 Å². The van der Waals surface area contributed by atoms with Gasteiger partial charge in [-0.2, -0.15) is 0 Å². The molecule has 0 aliphatic heterocycles. The van der Waals surface area contributed by atoms with E-state index in [-0.39, 0.29) is 0 Å². The molecule has 0 bridgehead atoms. The molecule has 0 N–H and O–H groups in total. The molecule has 9 aromatic rings. The molecular weight excluding hydrogens is 619 g/mol. The topological polar surface area (TPSA) is 11.4 Å². The van der Waals surface area contributed by atoms with Crippen molar-refractivity contribution >= 4 is 55.9 Å². The van der Waals surface area contributed by atoms with Gasteiger partial charge in [0.25, 0.3) is 0 Å². The Morgan fingerprint density at radius 3 is 0.980 bits per heavy atom. The molecule has 3 heteroatoms. The lowest BCUT2D eigenvalue weighted by Gasteiger charge is -2.26. The van der Waals surface area contributed by atoms with Gasteiger partial charge in [0.1, 0.15) is 0 Å². The number of benzene rings is 8. The van der Waals surface area contributed by atoms with Crippen LogP contribution in [0.25, 0.3) is 38.6 Å². The molecule has 0 unspecified atom stereocenters. The molecule has 0 radical (unpaired) electrons. The Hall–Kier alpha value is -6.84. The first-order chi connectivity index (χ1) is 25.3. The van der Waals surface area contributed by atoms with Gasteiger partial charge in [-0.15, -0.1) is 0 Å². The smallest absolute Gasteiger partial charge is 0.0542 e. The SMILES string of the molecule is c1ccc(-c2ccc(-n3c4ccc(N(c5ccccc5)c5ccccc5)cc4c4cc(N(c5ccccc5)c5ccccc5)ccc43)cc2)cc1. The fourth-order valence-corrected chi connectivity index (χ4v) is 7.19. The molecule has 0 spiro atoms. The van der Waals surface area contributed by atoms with Crippen LogP contribution in [0.5, 0.6) is 0 Å². The molecule has 9 rings (SSSR count). The maximum atomic E-state index is 2.40. The van der Waals surface area contributed by atoms with Gasteiger partial charge in [-0.05, 0) is 108 Å². The van der Waals surface area contributed by atoms with Crippen LogP contribution in [0, 0.1) is 0 Å². The van der Waals surface area contributed by atoms with Crippen molar-refractivity contribution in [1.82, 2.24) is 4.57 Å². The van der Waals surface area contributed by atoms with Gasteiger partial charge in [-0.3, -0.25) is 0 Å². The summed E-state index contributed by atoms with van der Waals surface area (Å²) in [5.41, 5.74) is 12.5. The van der Waals surface area contributed by atoms with Crippen LogP contribution in [0.3, 0.4) is 0 Å². The number of para-hydroxylation sites is 4. The fraction of sp³-hybridized carbons (Fsp3) is 0. The van der Waals surface area contributed by atoms with E-state index in [1.807, 2.05) is 0 Å². The van der Waals surface area contributed by atoms with Crippen molar-refractivity contribution in [2.24, 2.45) is 0 Å². The average molecular weight is 654 g/mol. The molecule has 8 aromatic carbocycles. The van der Waals surface area contributed by atoms with Crippen molar-refractivity contribution in [3.05, 3.63) is 212 Å². The van der Waals surface area contributed by atoms with Crippen molar-refractivity contribution in [1.29, 1.82) is 0 Å². The van der Waals surface area contributed by atoms with E-state index in [9.17, 15) is 0 Å². The van der Waals surface area contributed by atoms with Crippen molar-refractivity contribution in [2.75, 3.05) is 9.80 Å². The first-order valence-electron chi connectivity index (χ1n) is 17.4. The minimum absolute atomic E-state index is 1.10. The van der Waals surface area contributed by atoms with E-state index in [4.69, 9.17) is 0 Å². The second-order valence-corrected chi connectivity index (χ2v) is 12.7. The van der Waals surface area contributed by atoms with Gasteiger partial charge in [-0.1, -0.05) is 115 Å². The lowest BCUT2D eigenvalue weighted by Crippen LogP contribution is -2.09. The summed E-state index contributed by atoms with van der Waals surface area (Å²) in [6, 6.07) is 75.7. The van der Waals surface area contributed by atoms with Crippen LogP contribution in [-0.4, -0.2) is 4.57 Å². The highest BCUT2D eigenvalue weighted by Crippen LogP contribution is 2.42. The molecule has 51 heavy (non-hydrogen) atoms. The Morgan fingerprint density at radius 1 is 0.275 bits per heavy atom. The summed E-state index contributed by atoms with van der Waals surface area (Å²) in [5.74, 6) is 0. The molecule has 0 amide bonds. The average Bonchev–Trinajstić information content (AvgIpc) is 3.53. The van der Waals surface area contributed by atoms with E-state index in [1.165, 1.54) is 21.9 Å². The van der Waals surface area contributed by atoms with Crippen molar-refractivity contribution in [3.8, 4) is 16.8 Å². The Kier molecular flexibility index (Phi) is 7.84. The zero-order valence-electron chi connectivity index (χ0n) is 28.0. The highest BCUT2D eigenvalue weighted by molar-refractivity contribution is 6.12. The molecule has 0 saturated heterocycles. The van der Waals surface area contributed by atoms with Crippen LogP contribution >= 0.6 is 0 Å². The third-order valence-electron chi connectivity index (χ3n) is 9.54. The maximum Gasteiger partial charge on any atom is 0.0542 e. The number of nitrogens with zero attached hydrogens (tertiary/aromatic N) is 3. The van der Waals surface area contributed by atoms with E-state index in [0.717, 1.165) is 50.8 Å². The molecular formula is C48H35N3. The van der Waals surface area contributed by atoms with E-state index in [2.05, 4.69) is 227 Å². The van der Waals surface area contributed by atoms with Gasteiger partial charge >= 0.3 is 0 Å². The van der Waals surface area contributed by atoms with Crippen LogP contribution in [-0.2, 0) is 0 Å². The minimum Gasteiger partial charge on any atom is -0.310 e. The summed E-state index contributed by atoms with van der Waals surface area (Å²) < 4.78 is 2.40. The van der Waals surface area contributed by atoms with E-state index >= 15 is 0 Å². The molecule has 0 aliphatic carbocycles. The molecule has 0 atom stereocenters. The number of hydrogen-bond acceptors (Lipinski definition) is 2. The van der Waals surface area contributed by atoms with Crippen LogP contribution in [0.4, 0.5) is 34.1 Å². The van der Waals surface area contributed by atoms with Gasteiger partial charge < -0.3 is 14.4 Å². The van der Waals surface area contributed by atoms with Gasteiger partial charge in [0.15, 0.2) is 0 Å². The third kappa shape index (κ3) is 5.71. The number of anilines is 6. The lowest BCUT2D eigenvalue weighted by atomic mass is 10.1. The lowest BCUT2D eigenvalue weighted by molar-refractivity contribution is 1.18. The number of fused-ring (bicyclic) bond motifs is 3. The normalized spacial score (nSPS) is 11.1. The molecule has 0 fully saturated rings. The third-order valence-corrected chi connectivity index (χ3v) is 9.54. The van der Waals surface area contributed by atoms with E-state index in [1.54, 1.807) is 0 Å². The van der Waals surface area contributed by atoms with Crippen molar-refractivity contribution in [3.63, 3.8) is 0 Å². The van der Waals surface area contributed by atoms with Crippen LogP contribution in [0.1, 0.15) is 0 Å². The molecule has 1 heterocycles. The van der Waals surface area contributed by atoms with Crippen LogP contribution < -0.4 is 9.80 Å². The van der Waals surface area contributed by atoms with Crippen molar-refractivity contribution < 1.29 is 0 Å². The molecule has 1 aromatic heterocycles. The molecule has 242 valence electrons. The summed E-state index contributed by atoms with van der Waals surface area (Å²) in [6.07, 6.45) is 0. The summed E-state index contributed by atoms with van der Waals surface area (Å²) in [4.78, 5) is 4.67. The van der Waals surface area contributed by atoms with Gasteiger partial charge in [0, 0.05) is 50.6 Å². The minimum atomic E-state index is 1.10. The molecule has 0 aliphatic rings. The standard InChI is InChI=1S/C48H35N3/c1-6-16-36(17-7-1)37-26-28-42(29-27-37)51-47-32-30-43(49(38-18-8-2-9-19-38)39-20-10-3-11-21-39)34-45(47)46-35-44(31-33-48(46)51)50(40-22-12-4-13-23-40)41-24-14-5-15-25-41/h1-35H. The molecule has 3 nitrogen and oxygen atoms in total. The van der Waals surface area contributed by atoms with E-state index < -0.39 is 0 Å². The highest BCUT2D eigenvalue weighted by atomic mass is 15.1. The van der Waals surface area contributed by atoms with Crippen LogP contribution in [0.15, 0.2) is 212 Å².